The standard InChI is InChI=1S/C30H22ClN3O5/c1-38-25-9-5-6-21(18-25)33-28(35)19-10-12-20(13-11-19)32-27-26(31)29(36)34(30(27)37)22-14-16-24(17-15-22)39-23-7-3-2-4-8-23/h2-18,32H,1H3,(H,33,35). The normalized spacial score (nSPS) is 12.9. The molecule has 0 fully saturated rings. The zero-order valence-electron chi connectivity index (χ0n) is 20.7. The number of ether oxygens (including phenoxy) is 2. The molecule has 3 amide bonds. The molecule has 1 heterocycles. The van der Waals surface area contributed by atoms with Crippen LogP contribution in [0, 0.1) is 0 Å². The molecular formula is C30H22ClN3O5. The van der Waals surface area contributed by atoms with Crippen LogP contribution in [-0.4, -0.2) is 24.8 Å². The first kappa shape index (κ1) is 25.6. The molecule has 0 unspecified atom stereocenters. The van der Waals surface area contributed by atoms with Gasteiger partial charge in [-0.2, -0.15) is 0 Å². The van der Waals surface area contributed by atoms with Crippen molar-refractivity contribution in [2.24, 2.45) is 0 Å². The molecule has 4 aromatic rings. The second-order valence-corrected chi connectivity index (χ2v) is 8.81. The van der Waals surface area contributed by atoms with Crippen LogP contribution in [0.25, 0.3) is 0 Å². The Hall–Kier alpha value is -5.08. The maximum Gasteiger partial charge on any atom is 0.283 e. The van der Waals surface area contributed by atoms with Crippen LogP contribution in [0.15, 0.2) is 114 Å². The quantitative estimate of drug-likeness (QED) is 0.260. The average Bonchev–Trinajstić information content (AvgIpc) is 3.17. The summed E-state index contributed by atoms with van der Waals surface area (Å²) in [6.07, 6.45) is 0. The second kappa shape index (κ2) is 11.1. The summed E-state index contributed by atoms with van der Waals surface area (Å²) >= 11 is 6.26. The molecule has 39 heavy (non-hydrogen) atoms. The summed E-state index contributed by atoms with van der Waals surface area (Å²) in [7, 11) is 1.55. The molecule has 0 aliphatic carbocycles. The van der Waals surface area contributed by atoms with E-state index in [1.165, 1.54) is 0 Å². The number of halogens is 1. The minimum atomic E-state index is -0.643. The summed E-state index contributed by atoms with van der Waals surface area (Å²) in [5.41, 5.74) is 1.77. The molecule has 0 spiro atoms. The molecule has 2 N–H and O–H groups in total. The van der Waals surface area contributed by atoms with Gasteiger partial charge in [0.1, 0.15) is 28.0 Å². The van der Waals surface area contributed by atoms with E-state index in [2.05, 4.69) is 10.6 Å². The van der Waals surface area contributed by atoms with Crippen LogP contribution in [0.4, 0.5) is 17.1 Å². The van der Waals surface area contributed by atoms with Crippen LogP contribution < -0.4 is 25.0 Å². The lowest BCUT2D eigenvalue weighted by Gasteiger charge is -2.16. The lowest BCUT2D eigenvalue weighted by Crippen LogP contribution is -2.32. The van der Waals surface area contributed by atoms with Crippen LogP contribution in [0.5, 0.6) is 17.2 Å². The molecule has 0 saturated heterocycles. The van der Waals surface area contributed by atoms with Gasteiger partial charge in [0.2, 0.25) is 0 Å². The van der Waals surface area contributed by atoms with Gasteiger partial charge in [0.25, 0.3) is 17.7 Å². The fraction of sp³-hybridized carbons (Fsp3) is 0.0333. The predicted octanol–water partition coefficient (Wildman–Crippen LogP) is 6.18. The number of carbonyl (C=O) groups is 3. The molecule has 0 radical (unpaired) electrons. The van der Waals surface area contributed by atoms with Crippen molar-refractivity contribution in [1.29, 1.82) is 0 Å². The fourth-order valence-electron chi connectivity index (χ4n) is 3.89. The Bertz CT molecular complexity index is 1570. The van der Waals surface area contributed by atoms with Gasteiger partial charge in [-0.25, -0.2) is 4.90 Å². The van der Waals surface area contributed by atoms with Gasteiger partial charge in [0.05, 0.1) is 12.8 Å². The first-order chi connectivity index (χ1) is 18.9. The molecular weight excluding hydrogens is 518 g/mol. The van der Waals surface area contributed by atoms with Crippen LogP contribution in [0.2, 0.25) is 0 Å². The van der Waals surface area contributed by atoms with E-state index in [0.717, 1.165) is 4.90 Å². The summed E-state index contributed by atoms with van der Waals surface area (Å²) < 4.78 is 10.9. The molecule has 4 aromatic carbocycles. The van der Waals surface area contributed by atoms with Crippen molar-refractivity contribution in [2.45, 2.75) is 0 Å². The highest BCUT2D eigenvalue weighted by Gasteiger charge is 2.39. The van der Waals surface area contributed by atoms with Crippen molar-refractivity contribution in [3.8, 4) is 17.2 Å². The molecule has 5 rings (SSSR count). The van der Waals surface area contributed by atoms with E-state index in [4.69, 9.17) is 21.1 Å². The average molecular weight is 540 g/mol. The van der Waals surface area contributed by atoms with Gasteiger partial charge in [-0.05, 0) is 72.8 Å². The van der Waals surface area contributed by atoms with Crippen LogP contribution in [-0.2, 0) is 9.59 Å². The zero-order valence-corrected chi connectivity index (χ0v) is 21.4. The Balaban J connectivity index is 1.25. The lowest BCUT2D eigenvalue weighted by atomic mass is 10.2. The number of rotatable bonds is 8. The summed E-state index contributed by atoms with van der Waals surface area (Å²) in [5, 5.41) is 5.48. The number of nitrogens with zero attached hydrogens (tertiary/aromatic N) is 1. The number of amides is 3. The van der Waals surface area contributed by atoms with Gasteiger partial charge in [-0.15, -0.1) is 0 Å². The Morgan fingerprint density at radius 1 is 0.744 bits per heavy atom. The molecule has 1 aliphatic heterocycles. The third-order valence-corrected chi connectivity index (χ3v) is 6.20. The fourth-order valence-corrected chi connectivity index (χ4v) is 4.10. The zero-order chi connectivity index (χ0) is 27.4. The van der Waals surface area contributed by atoms with Gasteiger partial charge in [-0.1, -0.05) is 35.9 Å². The van der Waals surface area contributed by atoms with E-state index >= 15 is 0 Å². The Morgan fingerprint density at radius 3 is 2.10 bits per heavy atom. The largest absolute Gasteiger partial charge is 0.497 e. The SMILES string of the molecule is COc1cccc(NC(=O)c2ccc(NC3=C(Cl)C(=O)N(c4ccc(Oc5ccccc5)cc4)C3=O)cc2)c1. The highest BCUT2D eigenvalue weighted by atomic mass is 35.5. The molecule has 8 nitrogen and oxygen atoms in total. The minimum Gasteiger partial charge on any atom is -0.497 e. The molecule has 0 aromatic heterocycles. The van der Waals surface area contributed by atoms with Crippen molar-refractivity contribution < 1.29 is 23.9 Å². The van der Waals surface area contributed by atoms with Crippen molar-refractivity contribution in [2.75, 3.05) is 22.6 Å². The van der Waals surface area contributed by atoms with Crippen molar-refractivity contribution in [3.05, 3.63) is 119 Å². The monoisotopic (exact) mass is 539 g/mol. The molecule has 0 bridgehead atoms. The number of para-hydroxylation sites is 1. The highest BCUT2D eigenvalue weighted by molar-refractivity contribution is 6.53. The Morgan fingerprint density at radius 2 is 1.41 bits per heavy atom. The molecule has 0 saturated carbocycles. The summed E-state index contributed by atoms with van der Waals surface area (Å²) in [6.45, 7) is 0. The van der Waals surface area contributed by atoms with E-state index in [1.54, 1.807) is 79.9 Å². The maximum atomic E-state index is 13.1. The van der Waals surface area contributed by atoms with E-state index in [-0.39, 0.29) is 16.6 Å². The first-order valence-corrected chi connectivity index (χ1v) is 12.2. The number of carbonyl (C=O) groups excluding carboxylic acids is 3. The lowest BCUT2D eigenvalue weighted by molar-refractivity contribution is -0.120. The third kappa shape index (κ3) is 5.61. The van der Waals surface area contributed by atoms with Gasteiger partial charge < -0.3 is 20.1 Å². The number of methoxy groups -OCH3 is 1. The van der Waals surface area contributed by atoms with E-state index in [0.29, 0.717) is 39.9 Å². The summed E-state index contributed by atoms with van der Waals surface area (Å²) in [5.74, 6) is 0.288. The van der Waals surface area contributed by atoms with Gasteiger partial charge in [-0.3, -0.25) is 14.4 Å². The number of hydrogen-bond donors (Lipinski definition) is 2. The van der Waals surface area contributed by atoms with Crippen molar-refractivity contribution >= 4 is 46.4 Å². The molecule has 1 aliphatic rings. The number of benzene rings is 4. The molecule has 9 heteroatoms. The van der Waals surface area contributed by atoms with Crippen LogP contribution in [0.3, 0.4) is 0 Å². The minimum absolute atomic E-state index is 0.0557. The predicted molar refractivity (Wildman–Crippen MR) is 149 cm³/mol. The van der Waals surface area contributed by atoms with Crippen molar-refractivity contribution in [1.82, 2.24) is 0 Å². The topological polar surface area (TPSA) is 97.0 Å². The van der Waals surface area contributed by atoms with E-state index in [1.807, 2.05) is 30.3 Å². The Kier molecular flexibility index (Phi) is 7.29. The number of hydrogen-bond acceptors (Lipinski definition) is 6. The smallest absolute Gasteiger partial charge is 0.283 e. The number of anilines is 3. The third-order valence-electron chi connectivity index (χ3n) is 5.85. The van der Waals surface area contributed by atoms with Crippen molar-refractivity contribution in [3.63, 3.8) is 0 Å². The molecule has 0 atom stereocenters. The van der Waals surface area contributed by atoms with Crippen LogP contribution in [0.1, 0.15) is 10.4 Å². The maximum absolute atomic E-state index is 13.1. The second-order valence-electron chi connectivity index (χ2n) is 8.43. The van der Waals surface area contributed by atoms with Crippen LogP contribution >= 0.6 is 11.6 Å². The highest BCUT2D eigenvalue weighted by Crippen LogP contribution is 2.32. The van der Waals surface area contributed by atoms with Gasteiger partial charge in [0, 0.05) is 23.0 Å². The van der Waals surface area contributed by atoms with E-state index < -0.39 is 11.8 Å². The van der Waals surface area contributed by atoms with Gasteiger partial charge in [0.15, 0.2) is 0 Å². The number of nitrogens with one attached hydrogen (secondary N) is 2. The molecule has 194 valence electrons. The number of imide groups is 1. The summed E-state index contributed by atoms with van der Waals surface area (Å²) in [6, 6.07) is 29.2. The summed E-state index contributed by atoms with van der Waals surface area (Å²) in [4.78, 5) is 39.6. The Labute approximate surface area is 229 Å². The first-order valence-electron chi connectivity index (χ1n) is 11.9. The van der Waals surface area contributed by atoms with E-state index in [9.17, 15) is 14.4 Å². The van der Waals surface area contributed by atoms with Gasteiger partial charge >= 0.3 is 0 Å².